The van der Waals surface area contributed by atoms with E-state index in [9.17, 15) is 4.79 Å². The summed E-state index contributed by atoms with van der Waals surface area (Å²) < 4.78 is 7.24. The Hall–Kier alpha value is -3.08. The lowest BCUT2D eigenvalue weighted by molar-refractivity contribution is 0.0697. The van der Waals surface area contributed by atoms with Crippen LogP contribution in [0.15, 0.2) is 67.0 Å². The number of ether oxygens (including phenoxy) is 1. The first-order valence-electron chi connectivity index (χ1n) is 6.34. The highest BCUT2D eigenvalue weighted by Crippen LogP contribution is 2.23. The quantitative estimate of drug-likeness (QED) is 0.795. The van der Waals surface area contributed by atoms with Crippen LogP contribution in [0.4, 0.5) is 0 Å². The van der Waals surface area contributed by atoms with Crippen LogP contribution in [0.3, 0.4) is 0 Å². The monoisotopic (exact) mass is 280 g/mol. The van der Waals surface area contributed by atoms with Crippen LogP contribution in [-0.4, -0.2) is 20.9 Å². The molecule has 3 aromatic rings. The van der Waals surface area contributed by atoms with Gasteiger partial charge in [0, 0.05) is 12.3 Å². The normalized spacial score (nSPS) is 10.3. The van der Waals surface area contributed by atoms with Gasteiger partial charge in [0.25, 0.3) is 0 Å². The van der Waals surface area contributed by atoms with Gasteiger partial charge in [-0.15, -0.1) is 0 Å². The van der Waals surface area contributed by atoms with Gasteiger partial charge in [-0.25, -0.2) is 9.48 Å². The molecule has 0 saturated heterocycles. The molecule has 0 saturated carbocycles. The molecule has 1 heterocycles. The molecule has 0 fully saturated rings. The van der Waals surface area contributed by atoms with Crippen molar-refractivity contribution >= 4 is 5.97 Å². The van der Waals surface area contributed by atoms with Crippen molar-refractivity contribution < 1.29 is 14.6 Å². The summed E-state index contributed by atoms with van der Waals surface area (Å²) >= 11 is 0. The van der Waals surface area contributed by atoms with Gasteiger partial charge in [0.15, 0.2) is 0 Å². The Balaban J connectivity index is 1.87. The number of aromatic nitrogens is 2. The van der Waals surface area contributed by atoms with Crippen LogP contribution in [0, 0.1) is 0 Å². The predicted molar refractivity (Wildman–Crippen MR) is 77.0 cm³/mol. The number of benzene rings is 2. The van der Waals surface area contributed by atoms with Gasteiger partial charge in [0.1, 0.15) is 11.5 Å². The predicted octanol–water partition coefficient (Wildman–Crippen LogP) is 3.36. The Morgan fingerprint density at radius 1 is 1.05 bits per heavy atom. The molecule has 104 valence electrons. The Bertz CT molecular complexity index is 766. The average molecular weight is 280 g/mol. The van der Waals surface area contributed by atoms with Crippen LogP contribution in [-0.2, 0) is 0 Å². The second-order valence-corrected chi connectivity index (χ2v) is 4.39. The molecule has 0 amide bonds. The molecule has 0 aliphatic rings. The molecule has 1 aromatic heterocycles. The molecule has 0 bridgehead atoms. The Labute approximate surface area is 121 Å². The van der Waals surface area contributed by atoms with Crippen molar-refractivity contribution in [2.24, 2.45) is 0 Å². The first-order chi connectivity index (χ1) is 10.2. The van der Waals surface area contributed by atoms with E-state index >= 15 is 0 Å². The van der Waals surface area contributed by atoms with Gasteiger partial charge in [-0.2, -0.15) is 5.10 Å². The standard InChI is InChI=1S/C16H12N2O3/c19-16(20)12-10-17-18(11-12)13-5-4-8-15(9-13)21-14-6-2-1-3-7-14/h1-11H,(H,19,20). The van der Waals surface area contributed by atoms with Crippen molar-refractivity contribution in [1.82, 2.24) is 9.78 Å². The third-order valence-corrected chi connectivity index (χ3v) is 2.89. The summed E-state index contributed by atoms with van der Waals surface area (Å²) in [6.45, 7) is 0. The number of hydrogen-bond donors (Lipinski definition) is 1. The Morgan fingerprint density at radius 3 is 2.52 bits per heavy atom. The summed E-state index contributed by atoms with van der Waals surface area (Å²) in [5.74, 6) is 0.394. The van der Waals surface area contributed by atoms with Crippen molar-refractivity contribution in [3.8, 4) is 17.2 Å². The number of carboxylic acids is 1. The van der Waals surface area contributed by atoms with Gasteiger partial charge < -0.3 is 9.84 Å². The first-order valence-corrected chi connectivity index (χ1v) is 6.34. The number of carbonyl (C=O) groups is 1. The lowest BCUT2D eigenvalue weighted by Gasteiger charge is -2.07. The number of aromatic carboxylic acids is 1. The third-order valence-electron chi connectivity index (χ3n) is 2.89. The first kappa shape index (κ1) is 12.9. The molecule has 0 unspecified atom stereocenters. The molecule has 5 nitrogen and oxygen atoms in total. The minimum absolute atomic E-state index is 0.143. The van der Waals surface area contributed by atoms with Gasteiger partial charge in [0.2, 0.25) is 0 Å². The van der Waals surface area contributed by atoms with Crippen molar-refractivity contribution in [3.63, 3.8) is 0 Å². The number of rotatable bonds is 4. The second kappa shape index (κ2) is 5.50. The SMILES string of the molecule is O=C(O)c1cnn(-c2cccc(Oc3ccccc3)c2)c1. The fourth-order valence-corrected chi connectivity index (χ4v) is 1.89. The molecule has 5 heteroatoms. The maximum atomic E-state index is 10.9. The molecular formula is C16H12N2O3. The number of hydrogen-bond acceptors (Lipinski definition) is 3. The highest BCUT2D eigenvalue weighted by atomic mass is 16.5. The summed E-state index contributed by atoms with van der Waals surface area (Å²) in [5.41, 5.74) is 0.875. The van der Waals surface area contributed by atoms with Gasteiger partial charge in [-0.3, -0.25) is 0 Å². The van der Waals surface area contributed by atoms with Crippen molar-refractivity contribution in [2.75, 3.05) is 0 Å². The van der Waals surface area contributed by atoms with Gasteiger partial charge in [-0.1, -0.05) is 24.3 Å². The van der Waals surface area contributed by atoms with Crippen LogP contribution in [0.5, 0.6) is 11.5 Å². The fraction of sp³-hybridized carbons (Fsp3) is 0. The van der Waals surface area contributed by atoms with E-state index in [-0.39, 0.29) is 5.56 Å². The van der Waals surface area contributed by atoms with Crippen molar-refractivity contribution in [1.29, 1.82) is 0 Å². The molecule has 2 aromatic carbocycles. The zero-order chi connectivity index (χ0) is 14.7. The van der Waals surface area contributed by atoms with Crippen LogP contribution in [0.25, 0.3) is 5.69 Å². The topological polar surface area (TPSA) is 64.3 Å². The highest BCUT2D eigenvalue weighted by molar-refractivity contribution is 5.86. The molecule has 1 N–H and O–H groups in total. The summed E-state index contributed by atoms with van der Waals surface area (Å²) in [4.78, 5) is 10.9. The fourth-order valence-electron chi connectivity index (χ4n) is 1.89. The van der Waals surface area contributed by atoms with Gasteiger partial charge >= 0.3 is 5.97 Å². The van der Waals surface area contributed by atoms with E-state index in [0.29, 0.717) is 5.75 Å². The maximum absolute atomic E-state index is 10.9. The Kier molecular flexibility index (Phi) is 3.39. The number of para-hydroxylation sites is 1. The molecule has 0 radical (unpaired) electrons. The third kappa shape index (κ3) is 2.92. The largest absolute Gasteiger partial charge is 0.478 e. The minimum Gasteiger partial charge on any atom is -0.478 e. The van der Waals surface area contributed by atoms with E-state index in [2.05, 4.69) is 5.10 Å². The molecule has 0 atom stereocenters. The number of carboxylic acid groups (broad SMARTS) is 1. The zero-order valence-corrected chi connectivity index (χ0v) is 11.0. The maximum Gasteiger partial charge on any atom is 0.338 e. The van der Waals surface area contributed by atoms with Gasteiger partial charge in [0.05, 0.1) is 17.4 Å². The molecule has 0 spiro atoms. The highest BCUT2D eigenvalue weighted by Gasteiger charge is 2.07. The van der Waals surface area contributed by atoms with Crippen LogP contribution >= 0.6 is 0 Å². The lowest BCUT2D eigenvalue weighted by atomic mass is 10.3. The number of nitrogens with zero attached hydrogens (tertiary/aromatic N) is 2. The molecule has 0 aliphatic carbocycles. The van der Waals surface area contributed by atoms with E-state index in [1.54, 1.807) is 6.07 Å². The van der Waals surface area contributed by atoms with Crippen LogP contribution < -0.4 is 4.74 Å². The second-order valence-electron chi connectivity index (χ2n) is 4.39. The van der Waals surface area contributed by atoms with Crippen molar-refractivity contribution in [2.45, 2.75) is 0 Å². The lowest BCUT2D eigenvalue weighted by Crippen LogP contribution is -1.96. The summed E-state index contributed by atoms with van der Waals surface area (Å²) in [6, 6.07) is 16.7. The minimum atomic E-state index is -1.00. The van der Waals surface area contributed by atoms with E-state index in [1.807, 2.05) is 48.5 Å². The molecular weight excluding hydrogens is 268 g/mol. The molecule has 21 heavy (non-hydrogen) atoms. The van der Waals surface area contributed by atoms with E-state index in [4.69, 9.17) is 9.84 Å². The molecule has 3 rings (SSSR count). The summed E-state index contributed by atoms with van der Waals surface area (Å²) in [5, 5.41) is 13.0. The van der Waals surface area contributed by atoms with E-state index in [0.717, 1.165) is 11.4 Å². The summed E-state index contributed by atoms with van der Waals surface area (Å²) in [7, 11) is 0. The van der Waals surface area contributed by atoms with Crippen LogP contribution in [0.2, 0.25) is 0 Å². The van der Waals surface area contributed by atoms with Crippen LogP contribution in [0.1, 0.15) is 10.4 Å². The molecule has 0 aliphatic heterocycles. The summed E-state index contributed by atoms with van der Waals surface area (Å²) in [6.07, 6.45) is 2.77. The smallest absolute Gasteiger partial charge is 0.338 e. The Morgan fingerprint density at radius 2 is 1.81 bits per heavy atom. The average Bonchev–Trinajstić information content (AvgIpc) is 2.99. The van der Waals surface area contributed by atoms with E-state index in [1.165, 1.54) is 17.1 Å². The van der Waals surface area contributed by atoms with Crippen molar-refractivity contribution in [3.05, 3.63) is 72.6 Å². The van der Waals surface area contributed by atoms with Gasteiger partial charge in [-0.05, 0) is 24.3 Å². The zero-order valence-electron chi connectivity index (χ0n) is 11.0. The van der Waals surface area contributed by atoms with E-state index < -0.39 is 5.97 Å².